The molecule has 1 aliphatic heterocycles. The van der Waals surface area contributed by atoms with Crippen molar-refractivity contribution in [2.24, 2.45) is 0 Å². The van der Waals surface area contributed by atoms with Crippen molar-refractivity contribution in [3.63, 3.8) is 0 Å². The minimum Gasteiger partial charge on any atom is -0.381 e. The molecule has 0 amide bonds. The van der Waals surface area contributed by atoms with Gasteiger partial charge in [-0.3, -0.25) is 14.5 Å². The van der Waals surface area contributed by atoms with E-state index in [1.165, 1.54) is 36.9 Å². The molecule has 4 rings (SSSR count). The highest BCUT2D eigenvalue weighted by Gasteiger charge is 2.22. The van der Waals surface area contributed by atoms with Crippen molar-refractivity contribution in [3.8, 4) is 11.4 Å². The van der Waals surface area contributed by atoms with Crippen LogP contribution in [-0.2, 0) is 14.8 Å². The van der Waals surface area contributed by atoms with Gasteiger partial charge in [0.25, 0.3) is 10.0 Å². The minimum absolute atomic E-state index is 0.0412. The highest BCUT2D eigenvalue weighted by Crippen LogP contribution is 2.26. The van der Waals surface area contributed by atoms with E-state index in [2.05, 4.69) is 25.0 Å². The summed E-state index contributed by atoms with van der Waals surface area (Å²) in [6.45, 7) is 1.26. The Labute approximate surface area is 154 Å². The number of aromatic nitrogens is 5. The summed E-state index contributed by atoms with van der Waals surface area (Å²) in [7, 11) is -3.86. The molecule has 0 atom stereocenters. The molecular weight excluding hydrogens is 375 g/mol. The molecule has 11 heteroatoms. The fraction of sp³-hybridized carbons (Fsp3) is 0.312. The van der Waals surface area contributed by atoms with Crippen molar-refractivity contribution in [1.82, 2.24) is 25.0 Å². The van der Waals surface area contributed by atoms with Crippen molar-refractivity contribution in [1.29, 1.82) is 0 Å². The van der Waals surface area contributed by atoms with E-state index >= 15 is 0 Å². The zero-order valence-electron chi connectivity index (χ0n) is 14.2. The van der Waals surface area contributed by atoms with Gasteiger partial charge in [0.05, 0.1) is 17.8 Å². The Morgan fingerprint density at radius 1 is 1.30 bits per heavy atom. The van der Waals surface area contributed by atoms with Crippen LogP contribution >= 0.6 is 0 Å². The van der Waals surface area contributed by atoms with Gasteiger partial charge in [-0.05, 0) is 31.0 Å². The number of aromatic amines is 1. The molecule has 142 valence electrons. The number of nitrogens with one attached hydrogen (secondary N) is 2. The van der Waals surface area contributed by atoms with Crippen LogP contribution in [-0.4, -0.2) is 46.6 Å². The number of rotatable bonds is 5. The fourth-order valence-electron chi connectivity index (χ4n) is 2.93. The topological polar surface area (TPSA) is 115 Å². The Morgan fingerprint density at radius 3 is 2.85 bits per heavy atom. The van der Waals surface area contributed by atoms with Gasteiger partial charge in [-0.25, -0.2) is 17.8 Å². The molecule has 2 N–H and O–H groups in total. The zero-order valence-corrected chi connectivity index (χ0v) is 15.0. The van der Waals surface area contributed by atoms with Gasteiger partial charge < -0.3 is 4.74 Å². The highest BCUT2D eigenvalue weighted by molar-refractivity contribution is 7.92. The summed E-state index contributed by atoms with van der Waals surface area (Å²) >= 11 is 0. The van der Waals surface area contributed by atoms with E-state index in [1.54, 1.807) is 4.68 Å². The lowest BCUT2D eigenvalue weighted by molar-refractivity contribution is 0.0662. The average molecular weight is 392 g/mol. The standard InChI is InChI=1S/C16H17FN6O3S/c17-15-2-1-11(7-14(15)16-18-10-19-21-16)22-27(24,25)13-8-20-23(9-13)12-3-5-26-6-4-12/h1-2,7-10,12,22H,3-6H2,(H,18,19,21). The average Bonchev–Trinajstić information content (AvgIpc) is 3.36. The third kappa shape index (κ3) is 3.69. The molecule has 1 aliphatic rings. The maximum absolute atomic E-state index is 14.0. The summed E-state index contributed by atoms with van der Waals surface area (Å²) in [5.41, 5.74) is 0.326. The van der Waals surface area contributed by atoms with Crippen LogP contribution in [0.5, 0.6) is 0 Å². The van der Waals surface area contributed by atoms with Crippen LogP contribution in [0.15, 0.2) is 41.8 Å². The van der Waals surface area contributed by atoms with Crippen LogP contribution in [0.4, 0.5) is 10.1 Å². The summed E-state index contributed by atoms with van der Waals surface area (Å²) < 4.78 is 48.7. The first-order valence-electron chi connectivity index (χ1n) is 8.33. The lowest BCUT2D eigenvalue weighted by atomic mass is 10.1. The number of anilines is 1. The summed E-state index contributed by atoms with van der Waals surface area (Å²) in [5, 5.41) is 10.4. The predicted octanol–water partition coefficient (Wildman–Crippen LogP) is 1.96. The zero-order chi connectivity index (χ0) is 18.9. The van der Waals surface area contributed by atoms with Crippen molar-refractivity contribution in [3.05, 3.63) is 42.7 Å². The Hall–Kier alpha value is -2.79. The van der Waals surface area contributed by atoms with Crippen LogP contribution in [0, 0.1) is 5.82 Å². The van der Waals surface area contributed by atoms with E-state index in [1.807, 2.05) is 0 Å². The molecule has 27 heavy (non-hydrogen) atoms. The Bertz CT molecular complexity index is 1030. The number of hydrogen-bond acceptors (Lipinski definition) is 6. The van der Waals surface area contributed by atoms with Gasteiger partial charge in [-0.1, -0.05) is 0 Å². The maximum atomic E-state index is 14.0. The minimum atomic E-state index is -3.86. The SMILES string of the molecule is O=S(=O)(Nc1ccc(F)c(-c2ncn[nH]2)c1)c1cnn(C2CCOCC2)c1. The summed E-state index contributed by atoms with van der Waals surface area (Å²) in [6, 6.07) is 3.99. The molecule has 2 aromatic heterocycles. The van der Waals surface area contributed by atoms with Crippen LogP contribution in [0.2, 0.25) is 0 Å². The first-order valence-corrected chi connectivity index (χ1v) is 9.81. The van der Waals surface area contributed by atoms with E-state index in [-0.39, 0.29) is 28.0 Å². The van der Waals surface area contributed by atoms with E-state index in [0.717, 1.165) is 12.8 Å². The number of H-pyrrole nitrogens is 1. The molecule has 3 aromatic rings. The lowest BCUT2D eigenvalue weighted by Gasteiger charge is -2.22. The van der Waals surface area contributed by atoms with E-state index in [9.17, 15) is 12.8 Å². The smallest absolute Gasteiger partial charge is 0.265 e. The molecule has 0 radical (unpaired) electrons. The van der Waals surface area contributed by atoms with Gasteiger partial charge in [-0.15, -0.1) is 0 Å². The van der Waals surface area contributed by atoms with Crippen molar-refractivity contribution >= 4 is 15.7 Å². The molecule has 1 fully saturated rings. The first kappa shape index (κ1) is 17.6. The molecule has 0 aliphatic carbocycles. The summed E-state index contributed by atoms with van der Waals surface area (Å²) in [6.07, 6.45) is 5.62. The molecule has 3 heterocycles. The molecule has 0 unspecified atom stereocenters. The van der Waals surface area contributed by atoms with E-state index in [4.69, 9.17) is 4.74 Å². The van der Waals surface area contributed by atoms with Gasteiger partial charge in [0.15, 0.2) is 5.82 Å². The first-order chi connectivity index (χ1) is 13.0. The second-order valence-electron chi connectivity index (χ2n) is 6.13. The number of nitrogens with zero attached hydrogens (tertiary/aromatic N) is 4. The molecule has 1 aromatic carbocycles. The molecule has 9 nitrogen and oxygen atoms in total. The Morgan fingerprint density at radius 2 is 2.11 bits per heavy atom. The van der Waals surface area contributed by atoms with Gasteiger partial charge in [0.2, 0.25) is 0 Å². The third-order valence-corrected chi connectivity index (χ3v) is 5.68. The van der Waals surface area contributed by atoms with Gasteiger partial charge in [-0.2, -0.15) is 10.2 Å². The Balaban J connectivity index is 1.57. The van der Waals surface area contributed by atoms with Crippen LogP contribution in [0.25, 0.3) is 11.4 Å². The Kier molecular flexibility index (Phi) is 4.62. The number of sulfonamides is 1. The normalized spacial score (nSPS) is 15.7. The quantitative estimate of drug-likeness (QED) is 0.686. The molecular formula is C16H17FN6O3S. The molecule has 0 spiro atoms. The third-order valence-electron chi connectivity index (χ3n) is 4.34. The van der Waals surface area contributed by atoms with Gasteiger partial charge in [0, 0.05) is 25.1 Å². The predicted molar refractivity (Wildman–Crippen MR) is 93.9 cm³/mol. The molecule has 0 bridgehead atoms. The second-order valence-corrected chi connectivity index (χ2v) is 7.82. The van der Waals surface area contributed by atoms with Crippen molar-refractivity contribution < 1.29 is 17.5 Å². The summed E-state index contributed by atoms with van der Waals surface area (Å²) in [4.78, 5) is 3.93. The van der Waals surface area contributed by atoms with Crippen LogP contribution < -0.4 is 4.72 Å². The van der Waals surface area contributed by atoms with E-state index < -0.39 is 15.8 Å². The monoisotopic (exact) mass is 392 g/mol. The number of ether oxygens (including phenoxy) is 1. The van der Waals surface area contributed by atoms with Crippen molar-refractivity contribution in [2.45, 2.75) is 23.8 Å². The van der Waals surface area contributed by atoms with Gasteiger partial charge in [0.1, 0.15) is 17.0 Å². The van der Waals surface area contributed by atoms with Crippen molar-refractivity contribution in [2.75, 3.05) is 17.9 Å². The van der Waals surface area contributed by atoms with Crippen LogP contribution in [0.1, 0.15) is 18.9 Å². The largest absolute Gasteiger partial charge is 0.381 e. The van der Waals surface area contributed by atoms with E-state index in [0.29, 0.717) is 13.2 Å². The molecule has 1 saturated heterocycles. The summed E-state index contributed by atoms with van der Waals surface area (Å²) in [5.74, 6) is -0.331. The van der Waals surface area contributed by atoms with Crippen LogP contribution in [0.3, 0.4) is 0 Å². The second kappa shape index (κ2) is 7.08. The fourth-order valence-corrected chi connectivity index (χ4v) is 3.92. The number of hydrogen-bond donors (Lipinski definition) is 2. The maximum Gasteiger partial charge on any atom is 0.265 e. The molecule has 0 saturated carbocycles. The lowest BCUT2D eigenvalue weighted by Crippen LogP contribution is -2.20. The number of halogens is 1. The highest BCUT2D eigenvalue weighted by atomic mass is 32.2. The number of benzene rings is 1. The van der Waals surface area contributed by atoms with Gasteiger partial charge >= 0.3 is 0 Å².